The topological polar surface area (TPSA) is 45.2 Å². The highest BCUT2D eigenvalue weighted by Gasteiger charge is 2.24. The zero-order chi connectivity index (χ0) is 14.8. The first kappa shape index (κ1) is 15.1. The number of nitrogens with zero attached hydrogens (tertiary/aromatic N) is 2. The van der Waals surface area contributed by atoms with Crippen LogP contribution >= 0.6 is 38.6 Å². The molecule has 0 radical (unpaired) electrons. The van der Waals surface area contributed by atoms with Crippen molar-refractivity contribution in [2.24, 2.45) is 0 Å². The number of aromatic nitrogens is 1. The van der Waals surface area contributed by atoms with Crippen molar-refractivity contribution in [3.63, 3.8) is 0 Å². The Bertz CT molecular complexity index is 634. The molecule has 112 valence electrons. The molecule has 0 bridgehead atoms. The summed E-state index contributed by atoms with van der Waals surface area (Å²) in [5.74, 6) is 0.0278. The molecule has 1 amide bonds. The quantitative estimate of drug-likeness (QED) is 0.879. The van der Waals surface area contributed by atoms with Crippen molar-refractivity contribution < 1.29 is 4.79 Å². The summed E-state index contributed by atoms with van der Waals surface area (Å²) in [6.07, 6.45) is 2.02. The fraction of sp³-hybridized carbons (Fsp3) is 0.429. The Balaban J connectivity index is 1.74. The summed E-state index contributed by atoms with van der Waals surface area (Å²) in [5.41, 5.74) is 0.556. The van der Waals surface area contributed by atoms with Crippen LogP contribution in [-0.4, -0.2) is 42.0 Å². The summed E-state index contributed by atoms with van der Waals surface area (Å²) in [7, 11) is 1.89. The fourth-order valence-electron chi connectivity index (χ4n) is 2.45. The zero-order valence-electron chi connectivity index (χ0n) is 11.6. The van der Waals surface area contributed by atoms with E-state index in [-0.39, 0.29) is 5.91 Å². The molecule has 1 saturated heterocycles. The number of thiophene rings is 1. The van der Waals surface area contributed by atoms with Crippen LogP contribution < -0.4 is 5.32 Å². The Morgan fingerprint density at radius 1 is 1.43 bits per heavy atom. The summed E-state index contributed by atoms with van der Waals surface area (Å²) in [6, 6.07) is 4.35. The molecule has 1 fully saturated rings. The second-order valence-electron chi connectivity index (χ2n) is 5.04. The average Bonchev–Trinajstić information content (AvgIpc) is 3.15. The molecule has 0 atom stereocenters. The lowest BCUT2D eigenvalue weighted by molar-refractivity contribution is 0.0698. The van der Waals surface area contributed by atoms with E-state index in [0.29, 0.717) is 11.7 Å². The molecular weight excluding hydrogens is 370 g/mol. The molecule has 2 aromatic rings. The van der Waals surface area contributed by atoms with E-state index in [1.807, 2.05) is 29.5 Å². The molecule has 0 saturated carbocycles. The molecule has 0 unspecified atom stereocenters. The van der Waals surface area contributed by atoms with E-state index in [2.05, 4.69) is 26.2 Å². The van der Waals surface area contributed by atoms with Crippen molar-refractivity contribution in [1.29, 1.82) is 0 Å². The van der Waals surface area contributed by atoms with Crippen LogP contribution in [0.1, 0.15) is 23.3 Å². The van der Waals surface area contributed by atoms with Gasteiger partial charge in [-0.1, -0.05) is 0 Å². The molecule has 0 aromatic carbocycles. The molecule has 1 aliphatic rings. The van der Waals surface area contributed by atoms with E-state index in [4.69, 9.17) is 0 Å². The minimum absolute atomic E-state index is 0.0278. The smallest absolute Gasteiger partial charge is 0.273 e. The van der Waals surface area contributed by atoms with Crippen molar-refractivity contribution in [3.05, 3.63) is 27.0 Å². The number of halogens is 1. The Hall–Kier alpha value is -0.760. The fourth-order valence-corrected chi connectivity index (χ4v) is 4.71. The van der Waals surface area contributed by atoms with E-state index < -0.39 is 0 Å². The van der Waals surface area contributed by atoms with Crippen LogP contribution in [0.15, 0.2) is 21.3 Å². The lowest BCUT2D eigenvalue weighted by Gasteiger charge is -2.31. The van der Waals surface area contributed by atoms with Gasteiger partial charge in [-0.05, 0) is 54.0 Å². The number of carbonyl (C=O) groups is 1. The highest BCUT2D eigenvalue weighted by atomic mass is 79.9. The van der Waals surface area contributed by atoms with E-state index in [9.17, 15) is 4.79 Å². The predicted octanol–water partition coefficient (Wildman–Crippen LogP) is 3.46. The predicted molar refractivity (Wildman–Crippen MR) is 91.1 cm³/mol. The number of piperidine rings is 1. The molecular formula is C14H16BrN3OS2. The maximum Gasteiger partial charge on any atom is 0.273 e. The van der Waals surface area contributed by atoms with Gasteiger partial charge < -0.3 is 10.2 Å². The molecule has 0 spiro atoms. The van der Waals surface area contributed by atoms with Crippen LogP contribution in [-0.2, 0) is 0 Å². The third-order valence-corrected chi connectivity index (χ3v) is 6.32. The minimum Gasteiger partial charge on any atom is -0.337 e. The first-order valence-corrected chi connectivity index (χ1v) is 9.33. The standard InChI is InChI=1S/C14H16BrN3OS2/c1-18(9-4-6-16-7-5-9)14(19)10-8-20-13(17-10)11-2-3-12(15)21-11/h2-3,8-9,16H,4-7H2,1H3. The molecule has 1 aliphatic heterocycles. The van der Waals surface area contributed by atoms with Crippen molar-refractivity contribution in [3.8, 4) is 9.88 Å². The zero-order valence-corrected chi connectivity index (χ0v) is 14.9. The van der Waals surface area contributed by atoms with Crippen molar-refractivity contribution in [1.82, 2.24) is 15.2 Å². The largest absolute Gasteiger partial charge is 0.337 e. The molecule has 4 nitrogen and oxygen atoms in total. The van der Waals surface area contributed by atoms with Gasteiger partial charge in [0.05, 0.1) is 8.66 Å². The molecule has 7 heteroatoms. The van der Waals surface area contributed by atoms with Gasteiger partial charge in [-0.15, -0.1) is 22.7 Å². The van der Waals surface area contributed by atoms with E-state index in [0.717, 1.165) is 39.6 Å². The van der Waals surface area contributed by atoms with Gasteiger partial charge in [-0.2, -0.15) is 0 Å². The monoisotopic (exact) mass is 385 g/mol. The first-order valence-electron chi connectivity index (χ1n) is 6.84. The summed E-state index contributed by atoms with van der Waals surface area (Å²) in [5, 5.41) is 6.10. The van der Waals surface area contributed by atoms with E-state index >= 15 is 0 Å². The van der Waals surface area contributed by atoms with Crippen LogP contribution in [0, 0.1) is 0 Å². The van der Waals surface area contributed by atoms with Crippen LogP contribution in [0.25, 0.3) is 9.88 Å². The summed E-state index contributed by atoms with van der Waals surface area (Å²) < 4.78 is 1.08. The molecule has 2 aromatic heterocycles. The first-order chi connectivity index (χ1) is 10.1. The second-order valence-corrected chi connectivity index (χ2v) is 8.36. The van der Waals surface area contributed by atoms with E-state index in [1.165, 1.54) is 11.3 Å². The van der Waals surface area contributed by atoms with Gasteiger partial charge in [0.15, 0.2) is 0 Å². The summed E-state index contributed by atoms with van der Waals surface area (Å²) in [4.78, 5) is 20.0. The number of rotatable bonds is 3. The van der Waals surface area contributed by atoms with Gasteiger partial charge in [0.25, 0.3) is 5.91 Å². The molecule has 3 rings (SSSR count). The maximum absolute atomic E-state index is 12.5. The third kappa shape index (κ3) is 3.36. The van der Waals surface area contributed by atoms with Crippen molar-refractivity contribution in [2.75, 3.05) is 20.1 Å². The Kier molecular flexibility index (Phi) is 4.73. The van der Waals surface area contributed by atoms with E-state index in [1.54, 1.807) is 11.3 Å². The van der Waals surface area contributed by atoms with Crippen LogP contribution in [0.5, 0.6) is 0 Å². The summed E-state index contributed by atoms with van der Waals surface area (Å²) >= 11 is 6.62. The van der Waals surface area contributed by atoms with Crippen molar-refractivity contribution in [2.45, 2.75) is 18.9 Å². The van der Waals surface area contributed by atoms with Crippen LogP contribution in [0.4, 0.5) is 0 Å². The highest BCUT2D eigenvalue weighted by molar-refractivity contribution is 9.11. The second kappa shape index (κ2) is 6.56. The Morgan fingerprint density at radius 3 is 2.86 bits per heavy atom. The highest BCUT2D eigenvalue weighted by Crippen LogP contribution is 2.33. The van der Waals surface area contributed by atoms with Crippen LogP contribution in [0.2, 0.25) is 0 Å². The van der Waals surface area contributed by atoms with Crippen molar-refractivity contribution >= 4 is 44.5 Å². The molecule has 21 heavy (non-hydrogen) atoms. The number of amides is 1. The minimum atomic E-state index is 0.0278. The number of hydrogen-bond acceptors (Lipinski definition) is 5. The average molecular weight is 386 g/mol. The van der Waals surface area contributed by atoms with Gasteiger partial charge in [-0.25, -0.2) is 4.98 Å². The maximum atomic E-state index is 12.5. The number of nitrogens with one attached hydrogen (secondary N) is 1. The molecule has 1 N–H and O–H groups in total. The van der Waals surface area contributed by atoms with Gasteiger partial charge >= 0.3 is 0 Å². The van der Waals surface area contributed by atoms with Gasteiger partial charge in [0.1, 0.15) is 10.7 Å². The number of thiazole rings is 1. The Labute approximate surface area is 140 Å². The third-order valence-electron chi connectivity index (χ3n) is 3.68. The number of hydrogen-bond donors (Lipinski definition) is 1. The Morgan fingerprint density at radius 2 is 2.19 bits per heavy atom. The van der Waals surface area contributed by atoms with Gasteiger partial charge in [-0.3, -0.25) is 4.79 Å². The van der Waals surface area contributed by atoms with Gasteiger partial charge in [0, 0.05) is 18.5 Å². The lowest BCUT2D eigenvalue weighted by atomic mass is 10.1. The number of carbonyl (C=O) groups excluding carboxylic acids is 1. The normalized spacial score (nSPS) is 16.1. The summed E-state index contributed by atoms with van der Waals surface area (Å²) in [6.45, 7) is 1.96. The van der Waals surface area contributed by atoms with Crippen LogP contribution in [0.3, 0.4) is 0 Å². The lowest BCUT2D eigenvalue weighted by Crippen LogP contribution is -2.44. The van der Waals surface area contributed by atoms with Gasteiger partial charge in [0.2, 0.25) is 0 Å². The molecule has 0 aliphatic carbocycles. The SMILES string of the molecule is CN(C(=O)c1csc(-c2ccc(Br)s2)n1)C1CCNCC1. The molecule has 3 heterocycles.